The highest BCUT2D eigenvalue weighted by Crippen LogP contribution is 2.31. The number of rotatable bonds is 5. The number of benzene rings is 2. The van der Waals surface area contributed by atoms with Crippen LogP contribution in [0.15, 0.2) is 62.8 Å². The standard InChI is InChI=1S/C16H16BrNS/c17-13-5-9-15(10-6-13)19-16-4-2-1-3-12(16)11-18-14-7-8-14/h1-6,9-10,14,18H,7-8,11H2. The first kappa shape index (κ1) is 13.2. The lowest BCUT2D eigenvalue weighted by Crippen LogP contribution is -2.15. The van der Waals surface area contributed by atoms with Gasteiger partial charge in [-0.25, -0.2) is 0 Å². The van der Waals surface area contributed by atoms with E-state index >= 15 is 0 Å². The molecule has 19 heavy (non-hydrogen) atoms. The molecular formula is C16H16BrNS. The first-order valence-corrected chi connectivity index (χ1v) is 8.17. The van der Waals surface area contributed by atoms with Crippen LogP contribution in [0, 0.1) is 0 Å². The molecule has 0 heterocycles. The van der Waals surface area contributed by atoms with Gasteiger partial charge in [0.2, 0.25) is 0 Å². The zero-order valence-electron chi connectivity index (χ0n) is 10.6. The Labute approximate surface area is 126 Å². The molecule has 2 aromatic carbocycles. The molecule has 2 aromatic rings. The van der Waals surface area contributed by atoms with E-state index in [1.807, 2.05) is 11.8 Å². The molecule has 98 valence electrons. The lowest BCUT2D eigenvalue weighted by Gasteiger charge is -2.10. The summed E-state index contributed by atoms with van der Waals surface area (Å²) in [4.78, 5) is 2.63. The van der Waals surface area contributed by atoms with Gasteiger partial charge in [-0.3, -0.25) is 0 Å². The second-order valence-electron chi connectivity index (χ2n) is 4.82. The molecule has 1 saturated carbocycles. The molecule has 1 N–H and O–H groups in total. The summed E-state index contributed by atoms with van der Waals surface area (Å²) in [5.74, 6) is 0. The molecular weight excluding hydrogens is 318 g/mol. The molecule has 3 heteroatoms. The maximum Gasteiger partial charge on any atom is 0.0219 e. The summed E-state index contributed by atoms with van der Waals surface area (Å²) in [6.45, 7) is 0.977. The van der Waals surface area contributed by atoms with E-state index in [1.54, 1.807) is 0 Å². The van der Waals surface area contributed by atoms with Gasteiger partial charge < -0.3 is 5.32 Å². The van der Waals surface area contributed by atoms with Crippen LogP contribution >= 0.6 is 27.7 Å². The summed E-state index contributed by atoms with van der Waals surface area (Å²) in [5, 5.41) is 3.59. The minimum absolute atomic E-state index is 0.755. The fourth-order valence-electron chi connectivity index (χ4n) is 1.92. The van der Waals surface area contributed by atoms with Crippen LogP contribution in [0.4, 0.5) is 0 Å². The molecule has 0 bridgehead atoms. The average Bonchev–Trinajstić information content (AvgIpc) is 3.25. The quantitative estimate of drug-likeness (QED) is 0.839. The molecule has 0 amide bonds. The van der Waals surface area contributed by atoms with Gasteiger partial charge in [0.15, 0.2) is 0 Å². The summed E-state index contributed by atoms with van der Waals surface area (Å²) >= 11 is 5.31. The van der Waals surface area contributed by atoms with Crippen LogP contribution in [0.2, 0.25) is 0 Å². The van der Waals surface area contributed by atoms with E-state index in [0.29, 0.717) is 0 Å². The van der Waals surface area contributed by atoms with Crippen LogP contribution in [-0.2, 0) is 6.54 Å². The molecule has 1 fully saturated rings. The van der Waals surface area contributed by atoms with Crippen molar-refractivity contribution >= 4 is 27.7 Å². The van der Waals surface area contributed by atoms with Crippen molar-refractivity contribution < 1.29 is 0 Å². The molecule has 1 nitrogen and oxygen atoms in total. The normalized spacial score (nSPS) is 14.6. The van der Waals surface area contributed by atoms with Crippen molar-refractivity contribution in [3.8, 4) is 0 Å². The van der Waals surface area contributed by atoms with E-state index < -0.39 is 0 Å². The fraction of sp³-hybridized carbons (Fsp3) is 0.250. The van der Waals surface area contributed by atoms with Gasteiger partial charge in [0.25, 0.3) is 0 Å². The molecule has 0 radical (unpaired) electrons. The Bertz CT molecular complexity index is 549. The molecule has 1 aliphatic carbocycles. The summed E-state index contributed by atoms with van der Waals surface area (Å²) in [6.07, 6.45) is 2.67. The molecule has 0 atom stereocenters. The number of hydrogen-bond donors (Lipinski definition) is 1. The molecule has 3 rings (SSSR count). The highest BCUT2D eigenvalue weighted by molar-refractivity contribution is 9.10. The monoisotopic (exact) mass is 333 g/mol. The van der Waals surface area contributed by atoms with E-state index in [4.69, 9.17) is 0 Å². The van der Waals surface area contributed by atoms with Crippen LogP contribution < -0.4 is 5.32 Å². The second-order valence-corrected chi connectivity index (χ2v) is 6.85. The van der Waals surface area contributed by atoms with E-state index in [9.17, 15) is 0 Å². The Hall–Kier alpha value is -0.770. The largest absolute Gasteiger partial charge is 0.310 e. The Morgan fingerprint density at radius 2 is 1.79 bits per heavy atom. The number of halogens is 1. The van der Waals surface area contributed by atoms with Gasteiger partial charge in [-0.15, -0.1) is 0 Å². The lowest BCUT2D eigenvalue weighted by molar-refractivity contribution is 0.680. The Morgan fingerprint density at radius 1 is 1.05 bits per heavy atom. The Kier molecular flexibility index (Phi) is 4.26. The summed E-state index contributed by atoms with van der Waals surface area (Å²) in [6, 6.07) is 17.9. The Morgan fingerprint density at radius 3 is 2.53 bits per heavy atom. The van der Waals surface area contributed by atoms with E-state index in [-0.39, 0.29) is 0 Å². The van der Waals surface area contributed by atoms with Crippen LogP contribution in [0.1, 0.15) is 18.4 Å². The van der Waals surface area contributed by atoms with Crippen molar-refractivity contribution in [2.75, 3.05) is 0 Å². The van der Waals surface area contributed by atoms with Gasteiger partial charge in [-0.1, -0.05) is 45.9 Å². The number of hydrogen-bond acceptors (Lipinski definition) is 2. The second kappa shape index (κ2) is 6.12. The minimum atomic E-state index is 0.755. The van der Waals surface area contributed by atoms with Gasteiger partial charge in [-0.2, -0.15) is 0 Å². The molecule has 0 aromatic heterocycles. The third-order valence-electron chi connectivity index (χ3n) is 3.17. The minimum Gasteiger partial charge on any atom is -0.310 e. The summed E-state index contributed by atoms with van der Waals surface area (Å²) < 4.78 is 1.13. The first-order valence-electron chi connectivity index (χ1n) is 6.56. The Balaban J connectivity index is 1.73. The molecule has 0 aliphatic heterocycles. The van der Waals surface area contributed by atoms with Gasteiger partial charge >= 0.3 is 0 Å². The third kappa shape index (κ3) is 3.85. The van der Waals surface area contributed by atoms with Crippen molar-refractivity contribution in [2.24, 2.45) is 0 Å². The van der Waals surface area contributed by atoms with Crippen LogP contribution in [0.5, 0.6) is 0 Å². The summed E-state index contributed by atoms with van der Waals surface area (Å²) in [5.41, 5.74) is 1.39. The predicted molar refractivity (Wildman–Crippen MR) is 84.6 cm³/mol. The topological polar surface area (TPSA) is 12.0 Å². The van der Waals surface area contributed by atoms with Crippen molar-refractivity contribution in [1.29, 1.82) is 0 Å². The van der Waals surface area contributed by atoms with E-state index in [2.05, 4.69) is 69.8 Å². The highest BCUT2D eigenvalue weighted by atomic mass is 79.9. The molecule has 0 spiro atoms. The SMILES string of the molecule is Brc1ccc(Sc2ccccc2CNC2CC2)cc1. The van der Waals surface area contributed by atoms with Gasteiger partial charge in [0.1, 0.15) is 0 Å². The maximum absolute atomic E-state index is 3.59. The van der Waals surface area contributed by atoms with Gasteiger partial charge in [0, 0.05) is 26.9 Å². The van der Waals surface area contributed by atoms with Crippen molar-refractivity contribution in [3.05, 3.63) is 58.6 Å². The van der Waals surface area contributed by atoms with E-state index in [0.717, 1.165) is 17.1 Å². The summed E-state index contributed by atoms with van der Waals surface area (Å²) in [7, 11) is 0. The molecule has 0 saturated heterocycles. The van der Waals surface area contributed by atoms with E-state index in [1.165, 1.54) is 28.2 Å². The maximum atomic E-state index is 3.59. The highest BCUT2D eigenvalue weighted by Gasteiger charge is 2.20. The average molecular weight is 334 g/mol. The zero-order valence-corrected chi connectivity index (χ0v) is 13.0. The molecule has 1 aliphatic rings. The van der Waals surface area contributed by atoms with Crippen molar-refractivity contribution in [2.45, 2.75) is 35.2 Å². The third-order valence-corrected chi connectivity index (χ3v) is 4.83. The predicted octanol–water partition coefficient (Wildman–Crippen LogP) is 4.85. The van der Waals surface area contributed by atoms with Crippen molar-refractivity contribution in [3.63, 3.8) is 0 Å². The van der Waals surface area contributed by atoms with Crippen LogP contribution in [0.3, 0.4) is 0 Å². The fourth-order valence-corrected chi connectivity index (χ4v) is 3.13. The number of nitrogens with one attached hydrogen (secondary N) is 1. The molecule has 0 unspecified atom stereocenters. The van der Waals surface area contributed by atoms with Crippen LogP contribution in [0.25, 0.3) is 0 Å². The van der Waals surface area contributed by atoms with Crippen molar-refractivity contribution in [1.82, 2.24) is 5.32 Å². The lowest BCUT2D eigenvalue weighted by atomic mass is 10.2. The first-order chi connectivity index (χ1) is 9.31. The van der Waals surface area contributed by atoms with Crippen LogP contribution in [-0.4, -0.2) is 6.04 Å². The zero-order chi connectivity index (χ0) is 13.1. The van der Waals surface area contributed by atoms with Gasteiger partial charge in [-0.05, 0) is 48.7 Å². The van der Waals surface area contributed by atoms with Gasteiger partial charge in [0.05, 0.1) is 0 Å². The smallest absolute Gasteiger partial charge is 0.0219 e.